The lowest BCUT2D eigenvalue weighted by Gasteiger charge is -2.10. The van der Waals surface area contributed by atoms with Crippen LogP contribution in [-0.4, -0.2) is 34.0 Å². The normalized spacial score (nSPS) is 15.6. The molecule has 6 heteroatoms. The number of carbonyl (C=O) groups is 2. The molecule has 0 bridgehead atoms. The fourth-order valence-electron chi connectivity index (χ4n) is 1.82. The van der Waals surface area contributed by atoms with Crippen LogP contribution in [0.3, 0.4) is 0 Å². The minimum Gasteiger partial charge on any atom is -0.295 e. The number of rotatable bonds is 4. The van der Waals surface area contributed by atoms with Crippen LogP contribution >= 0.6 is 11.6 Å². The van der Waals surface area contributed by atoms with Crippen LogP contribution in [0.4, 0.5) is 5.82 Å². The number of halogens is 1. The fourth-order valence-corrected chi connectivity index (χ4v) is 1.95. The molecule has 17 heavy (non-hydrogen) atoms. The van der Waals surface area contributed by atoms with Crippen molar-refractivity contribution in [2.24, 2.45) is 0 Å². The maximum Gasteiger partial charge on any atom is 0.246 e. The number of amides is 1. The van der Waals surface area contributed by atoms with Crippen LogP contribution in [0.1, 0.15) is 30.5 Å². The van der Waals surface area contributed by atoms with Gasteiger partial charge in [-0.15, -0.1) is 16.7 Å². The number of carbonyl (C=O) groups excluding carboxylic acids is 2. The van der Waals surface area contributed by atoms with Gasteiger partial charge in [0.05, 0.1) is 0 Å². The molecule has 0 aliphatic carbocycles. The molecule has 92 valence electrons. The number of nitrogens with zero attached hydrogens (tertiary/aromatic N) is 3. The zero-order valence-corrected chi connectivity index (χ0v) is 10.2. The lowest BCUT2D eigenvalue weighted by molar-refractivity contribution is -0.117. The van der Waals surface area contributed by atoms with Crippen molar-refractivity contribution in [1.29, 1.82) is 0 Å². The second-order valence-electron chi connectivity index (χ2n) is 3.95. The molecular formula is C11H14ClN3O2. The van der Waals surface area contributed by atoms with Gasteiger partial charge in [0, 0.05) is 37.5 Å². The minimum atomic E-state index is -0.0939. The number of alkyl halides is 1. The van der Waals surface area contributed by atoms with Gasteiger partial charge in [0.1, 0.15) is 0 Å². The van der Waals surface area contributed by atoms with Gasteiger partial charge >= 0.3 is 0 Å². The molecule has 5 nitrogen and oxygen atoms in total. The third-order valence-corrected chi connectivity index (χ3v) is 2.97. The van der Waals surface area contributed by atoms with Gasteiger partial charge in [0.15, 0.2) is 5.82 Å². The highest BCUT2D eigenvalue weighted by Crippen LogP contribution is 2.18. The molecule has 0 atom stereocenters. The van der Waals surface area contributed by atoms with Gasteiger partial charge in [-0.2, -0.15) is 0 Å². The van der Waals surface area contributed by atoms with E-state index in [0.29, 0.717) is 37.5 Å². The molecule has 1 aliphatic rings. The van der Waals surface area contributed by atoms with Gasteiger partial charge in [-0.3, -0.25) is 14.5 Å². The summed E-state index contributed by atoms with van der Waals surface area (Å²) in [7, 11) is 0. The first-order valence-electron chi connectivity index (χ1n) is 5.67. The Bertz CT molecular complexity index is 430. The maximum atomic E-state index is 11.7. The molecule has 0 unspecified atom stereocenters. The van der Waals surface area contributed by atoms with Gasteiger partial charge in [-0.25, -0.2) is 4.68 Å². The van der Waals surface area contributed by atoms with Gasteiger partial charge in [0.2, 0.25) is 11.8 Å². The summed E-state index contributed by atoms with van der Waals surface area (Å²) in [6.07, 6.45) is 4.02. The summed E-state index contributed by atoms with van der Waals surface area (Å²) in [6.45, 7) is 0.686. The second kappa shape index (κ2) is 5.31. The van der Waals surface area contributed by atoms with Crippen molar-refractivity contribution in [3.63, 3.8) is 0 Å². The predicted octanol–water partition coefficient (Wildman–Crippen LogP) is 1.67. The van der Waals surface area contributed by atoms with E-state index in [4.69, 9.17) is 11.6 Å². The van der Waals surface area contributed by atoms with E-state index in [1.54, 1.807) is 17.2 Å². The topological polar surface area (TPSA) is 55.2 Å². The SMILES string of the molecule is O=C1CCCN1c1ccn(C(=O)CCCCl)n1. The summed E-state index contributed by atoms with van der Waals surface area (Å²) in [4.78, 5) is 24.8. The van der Waals surface area contributed by atoms with Gasteiger partial charge in [-0.1, -0.05) is 0 Å². The van der Waals surface area contributed by atoms with E-state index in [2.05, 4.69) is 5.10 Å². The molecule has 0 spiro atoms. The first kappa shape index (κ1) is 12.1. The Labute approximate surface area is 104 Å². The third kappa shape index (κ3) is 2.66. The molecule has 1 saturated heterocycles. The summed E-state index contributed by atoms with van der Waals surface area (Å²) in [5, 5.41) is 4.12. The summed E-state index contributed by atoms with van der Waals surface area (Å²) in [5.41, 5.74) is 0. The number of hydrogen-bond donors (Lipinski definition) is 0. The largest absolute Gasteiger partial charge is 0.295 e. The molecule has 1 fully saturated rings. The smallest absolute Gasteiger partial charge is 0.246 e. The van der Waals surface area contributed by atoms with E-state index in [9.17, 15) is 9.59 Å². The molecule has 0 radical (unpaired) electrons. The summed E-state index contributed by atoms with van der Waals surface area (Å²) >= 11 is 5.53. The Kier molecular flexibility index (Phi) is 3.78. The van der Waals surface area contributed by atoms with Crippen molar-refractivity contribution in [3.8, 4) is 0 Å². The molecule has 1 aromatic rings. The molecule has 0 aromatic carbocycles. The van der Waals surface area contributed by atoms with E-state index in [1.807, 2.05) is 0 Å². The average molecular weight is 256 g/mol. The van der Waals surface area contributed by atoms with E-state index in [1.165, 1.54) is 4.68 Å². The Balaban J connectivity index is 2.05. The Hall–Kier alpha value is -1.36. The molecule has 1 amide bonds. The first-order chi connectivity index (χ1) is 8.22. The van der Waals surface area contributed by atoms with Gasteiger partial charge in [0.25, 0.3) is 0 Å². The van der Waals surface area contributed by atoms with E-state index >= 15 is 0 Å². The molecule has 1 aromatic heterocycles. The van der Waals surface area contributed by atoms with Gasteiger partial charge in [-0.05, 0) is 12.8 Å². The Morgan fingerprint density at radius 2 is 2.35 bits per heavy atom. The molecular weight excluding hydrogens is 242 g/mol. The quantitative estimate of drug-likeness (QED) is 0.769. The highest BCUT2D eigenvalue weighted by Gasteiger charge is 2.23. The second-order valence-corrected chi connectivity index (χ2v) is 4.33. The summed E-state index contributed by atoms with van der Waals surface area (Å²) in [6, 6.07) is 1.70. The molecule has 0 saturated carbocycles. The van der Waals surface area contributed by atoms with Crippen molar-refractivity contribution in [3.05, 3.63) is 12.3 Å². The zero-order valence-electron chi connectivity index (χ0n) is 9.43. The third-order valence-electron chi connectivity index (χ3n) is 2.70. The van der Waals surface area contributed by atoms with E-state index < -0.39 is 0 Å². The minimum absolute atomic E-state index is 0.0726. The molecule has 2 rings (SSSR count). The monoisotopic (exact) mass is 255 g/mol. The first-order valence-corrected chi connectivity index (χ1v) is 6.21. The van der Waals surface area contributed by atoms with Crippen molar-refractivity contribution in [2.45, 2.75) is 25.7 Å². The standard InChI is InChI=1S/C11H14ClN3O2/c12-6-1-3-11(17)15-8-5-9(13-15)14-7-2-4-10(14)16/h5,8H,1-4,6-7H2. The Morgan fingerprint density at radius 1 is 1.53 bits per heavy atom. The maximum absolute atomic E-state index is 11.7. The summed E-state index contributed by atoms with van der Waals surface area (Å²) in [5.74, 6) is 1.00. The predicted molar refractivity (Wildman–Crippen MR) is 64.4 cm³/mol. The molecule has 1 aliphatic heterocycles. The van der Waals surface area contributed by atoms with Crippen molar-refractivity contribution in [2.75, 3.05) is 17.3 Å². The highest BCUT2D eigenvalue weighted by molar-refractivity contribution is 6.17. The molecule has 2 heterocycles. The lowest BCUT2D eigenvalue weighted by Crippen LogP contribution is -2.24. The molecule has 0 N–H and O–H groups in total. The Morgan fingerprint density at radius 3 is 3.00 bits per heavy atom. The van der Waals surface area contributed by atoms with Crippen LogP contribution < -0.4 is 4.90 Å². The van der Waals surface area contributed by atoms with Crippen LogP contribution in [-0.2, 0) is 4.79 Å². The van der Waals surface area contributed by atoms with Crippen LogP contribution in [0.2, 0.25) is 0 Å². The van der Waals surface area contributed by atoms with Gasteiger partial charge < -0.3 is 0 Å². The lowest BCUT2D eigenvalue weighted by atomic mass is 10.3. The number of anilines is 1. The number of aromatic nitrogens is 2. The summed E-state index contributed by atoms with van der Waals surface area (Å²) < 4.78 is 1.29. The average Bonchev–Trinajstić information content (AvgIpc) is 2.93. The van der Waals surface area contributed by atoms with Crippen molar-refractivity contribution in [1.82, 2.24) is 9.78 Å². The number of hydrogen-bond acceptors (Lipinski definition) is 3. The van der Waals surface area contributed by atoms with Crippen LogP contribution in [0.5, 0.6) is 0 Å². The highest BCUT2D eigenvalue weighted by atomic mass is 35.5. The fraction of sp³-hybridized carbons (Fsp3) is 0.545. The van der Waals surface area contributed by atoms with Crippen molar-refractivity contribution < 1.29 is 9.59 Å². The van der Waals surface area contributed by atoms with Crippen LogP contribution in [0, 0.1) is 0 Å². The van der Waals surface area contributed by atoms with Crippen LogP contribution in [0.15, 0.2) is 12.3 Å². The van der Waals surface area contributed by atoms with Crippen molar-refractivity contribution >= 4 is 29.2 Å². The van der Waals surface area contributed by atoms with Crippen LogP contribution in [0.25, 0.3) is 0 Å². The zero-order chi connectivity index (χ0) is 12.3. The van der Waals surface area contributed by atoms with E-state index in [-0.39, 0.29) is 11.8 Å². The van der Waals surface area contributed by atoms with E-state index in [0.717, 1.165) is 6.42 Å².